The smallest absolute Gasteiger partial charge is 0.407 e. The number of halogens is 1. The molecule has 40 heavy (non-hydrogen) atoms. The number of pyridine rings is 1. The van der Waals surface area contributed by atoms with E-state index in [0.29, 0.717) is 35.1 Å². The van der Waals surface area contributed by atoms with Crippen molar-refractivity contribution in [3.63, 3.8) is 0 Å². The number of nitrogens with zero attached hydrogens (tertiary/aromatic N) is 1. The maximum atomic E-state index is 13.2. The fourth-order valence-electron chi connectivity index (χ4n) is 4.28. The Morgan fingerprint density at radius 1 is 1.00 bits per heavy atom. The van der Waals surface area contributed by atoms with E-state index < -0.39 is 11.7 Å². The Kier molecular flexibility index (Phi) is 9.04. The highest BCUT2D eigenvalue weighted by Gasteiger charge is 2.17. The Bertz CT molecular complexity index is 1460. The Morgan fingerprint density at radius 2 is 1.75 bits per heavy atom. The van der Waals surface area contributed by atoms with Crippen LogP contribution in [0.5, 0.6) is 11.5 Å². The number of ether oxygens (including phenoxy) is 3. The summed E-state index contributed by atoms with van der Waals surface area (Å²) in [6.45, 7) is 8.27. The second kappa shape index (κ2) is 12.5. The number of carbonyl (C=O) groups is 2. The van der Waals surface area contributed by atoms with Gasteiger partial charge in [0.15, 0.2) is 11.5 Å². The molecule has 0 fully saturated rings. The minimum Gasteiger partial charge on any atom is -0.454 e. The van der Waals surface area contributed by atoms with Crippen LogP contribution in [0.2, 0.25) is 5.02 Å². The molecule has 0 spiro atoms. The first kappa shape index (κ1) is 29.0. The third-order valence-electron chi connectivity index (χ3n) is 6.38. The molecule has 2 aromatic carbocycles. The lowest BCUT2D eigenvalue weighted by Gasteiger charge is -2.20. The molecular formula is C30H34ClN3O6. The molecule has 4 rings (SSSR count). The summed E-state index contributed by atoms with van der Waals surface area (Å²) in [4.78, 5) is 38.2. The van der Waals surface area contributed by atoms with Gasteiger partial charge in [-0.25, -0.2) is 4.79 Å². The van der Waals surface area contributed by atoms with E-state index in [1.54, 1.807) is 49.7 Å². The van der Waals surface area contributed by atoms with E-state index in [1.807, 2.05) is 31.2 Å². The van der Waals surface area contributed by atoms with E-state index in [9.17, 15) is 14.4 Å². The number of benzene rings is 2. The number of hydrogen-bond acceptors (Lipinski definition) is 6. The molecule has 3 aromatic rings. The first-order valence-electron chi connectivity index (χ1n) is 13.1. The van der Waals surface area contributed by atoms with E-state index in [-0.39, 0.29) is 37.8 Å². The standard InChI is InChI=1S/C30H34ClN3O6/c1-19-9-11-34(12-10-20-5-8-25-26(13-20)39-18-38-25)28(36)24(19)15-27(35)32-17-22-14-23(31)7-6-21(22)16-33-29(37)40-30(2,3)4/h5-9,11,13-14H,10,12,15-18H2,1-4H3,(H,32,35)(H,33,37). The summed E-state index contributed by atoms with van der Waals surface area (Å²) in [5.41, 5.74) is 2.96. The number of nitrogens with one attached hydrogen (secondary N) is 2. The van der Waals surface area contributed by atoms with E-state index in [1.165, 1.54) is 0 Å². The molecule has 0 unspecified atom stereocenters. The number of rotatable bonds is 9. The number of alkyl carbamates (subject to hydrolysis) is 1. The van der Waals surface area contributed by atoms with Gasteiger partial charge in [0.1, 0.15) is 5.60 Å². The summed E-state index contributed by atoms with van der Waals surface area (Å²) in [6, 6.07) is 12.8. The van der Waals surface area contributed by atoms with Gasteiger partial charge in [-0.05, 0) is 86.7 Å². The van der Waals surface area contributed by atoms with Crippen LogP contribution in [0.1, 0.15) is 48.6 Å². The van der Waals surface area contributed by atoms with E-state index in [2.05, 4.69) is 10.6 Å². The third kappa shape index (κ3) is 7.79. The molecule has 1 aliphatic rings. The van der Waals surface area contributed by atoms with Gasteiger partial charge in [0.2, 0.25) is 12.7 Å². The number of hydrogen-bond donors (Lipinski definition) is 2. The number of carbonyl (C=O) groups excluding carboxylic acids is 2. The van der Waals surface area contributed by atoms with Gasteiger partial charge in [-0.15, -0.1) is 0 Å². The van der Waals surface area contributed by atoms with Crippen LogP contribution < -0.4 is 25.7 Å². The summed E-state index contributed by atoms with van der Waals surface area (Å²) in [5.74, 6) is 1.13. The molecule has 1 aromatic heterocycles. The zero-order chi connectivity index (χ0) is 28.9. The maximum Gasteiger partial charge on any atom is 0.407 e. The van der Waals surface area contributed by atoms with Crippen molar-refractivity contribution in [1.82, 2.24) is 15.2 Å². The minimum atomic E-state index is -0.610. The predicted octanol–water partition coefficient (Wildman–Crippen LogP) is 4.67. The molecule has 0 saturated carbocycles. The van der Waals surface area contributed by atoms with Gasteiger partial charge in [0.25, 0.3) is 5.56 Å². The van der Waals surface area contributed by atoms with E-state index in [4.69, 9.17) is 25.8 Å². The van der Waals surface area contributed by atoms with Gasteiger partial charge in [-0.1, -0.05) is 23.7 Å². The van der Waals surface area contributed by atoms with Crippen LogP contribution >= 0.6 is 11.6 Å². The van der Waals surface area contributed by atoms with Crippen molar-refractivity contribution in [2.24, 2.45) is 0 Å². The molecule has 9 nitrogen and oxygen atoms in total. The zero-order valence-electron chi connectivity index (χ0n) is 23.1. The lowest BCUT2D eigenvalue weighted by molar-refractivity contribution is -0.120. The number of aryl methyl sites for hydroxylation is 3. The molecule has 2 N–H and O–H groups in total. The van der Waals surface area contributed by atoms with Crippen LogP contribution in [0.4, 0.5) is 4.79 Å². The van der Waals surface area contributed by atoms with E-state index in [0.717, 1.165) is 22.3 Å². The van der Waals surface area contributed by atoms with Crippen LogP contribution in [0.3, 0.4) is 0 Å². The second-order valence-corrected chi connectivity index (χ2v) is 11.1. The van der Waals surface area contributed by atoms with Gasteiger partial charge < -0.3 is 29.4 Å². The Labute approximate surface area is 238 Å². The highest BCUT2D eigenvalue weighted by Crippen LogP contribution is 2.32. The maximum absolute atomic E-state index is 13.2. The Balaban J connectivity index is 1.37. The van der Waals surface area contributed by atoms with E-state index >= 15 is 0 Å². The number of aromatic nitrogens is 1. The molecule has 2 heterocycles. The average molecular weight is 568 g/mol. The van der Waals surface area contributed by atoms with Crippen LogP contribution in [0, 0.1) is 6.92 Å². The van der Waals surface area contributed by atoms with Crippen molar-refractivity contribution in [2.75, 3.05) is 6.79 Å². The van der Waals surface area contributed by atoms with Gasteiger partial charge >= 0.3 is 6.09 Å². The molecule has 0 atom stereocenters. The lowest BCUT2D eigenvalue weighted by atomic mass is 10.1. The largest absolute Gasteiger partial charge is 0.454 e. The van der Waals surface area contributed by atoms with Gasteiger partial charge in [-0.3, -0.25) is 9.59 Å². The third-order valence-corrected chi connectivity index (χ3v) is 6.62. The quantitative estimate of drug-likeness (QED) is 0.389. The lowest BCUT2D eigenvalue weighted by Crippen LogP contribution is -2.33. The number of fused-ring (bicyclic) bond motifs is 1. The van der Waals surface area contributed by atoms with Crippen LogP contribution in [-0.2, 0) is 42.0 Å². The molecule has 212 valence electrons. The first-order chi connectivity index (χ1) is 19.0. The van der Waals surface area contributed by atoms with Gasteiger partial charge in [0.05, 0.1) is 6.42 Å². The van der Waals surface area contributed by atoms with Crippen LogP contribution in [0.15, 0.2) is 53.5 Å². The minimum absolute atomic E-state index is 0.0540. The highest BCUT2D eigenvalue weighted by atomic mass is 35.5. The fourth-order valence-corrected chi connectivity index (χ4v) is 4.47. The van der Waals surface area contributed by atoms with Gasteiger partial charge in [-0.2, -0.15) is 0 Å². The number of amides is 2. The molecular weight excluding hydrogens is 534 g/mol. The Hall–Kier alpha value is -3.98. The van der Waals surface area contributed by atoms with Crippen molar-refractivity contribution in [3.05, 3.63) is 91.9 Å². The van der Waals surface area contributed by atoms with Crippen LogP contribution in [0.25, 0.3) is 0 Å². The molecule has 0 radical (unpaired) electrons. The fraction of sp³-hybridized carbons (Fsp3) is 0.367. The van der Waals surface area contributed by atoms with Crippen LogP contribution in [-0.4, -0.2) is 29.0 Å². The molecule has 1 aliphatic heterocycles. The topological polar surface area (TPSA) is 108 Å². The van der Waals surface area contributed by atoms with Crippen molar-refractivity contribution < 1.29 is 23.8 Å². The molecule has 0 bridgehead atoms. The zero-order valence-corrected chi connectivity index (χ0v) is 23.9. The van der Waals surface area contributed by atoms with Gasteiger partial charge in [0, 0.05) is 36.4 Å². The SMILES string of the molecule is Cc1ccn(CCc2ccc3c(c2)OCO3)c(=O)c1CC(=O)NCc1cc(Cl)ccc1CNC(=O)OC(C)(C)C. The molecule has 2 amide bonds. The average Bonchev–Trinajstić information content (AvgIpc) is 3.36. The highest BCUT2D eigenvalue weighted by molar-refractivity contribution is 6.30. The monoisotopic (exact) mass is 567 g/mol. The van der Waals surface area contributed by atoms with Crippen molar-refractivity contribution in [1.29, 1.82) is 0 Å². The van der Waals surface area contributed by atoms with Crippen molar-refractivity contribution in [3.8, 4) is 11.5 Å². The summed E-state index contributed by atoms with van der Waals surface area (Å²) in [6.07, 6.45) is 1.79. The summed E-state index contributed by atoms with van der Waals surface area (Å²) in [5, 5.41) is 6.12. The summed E-state index contributed by atoms with van der Waals surface area (Å²) >= 11 is 6.19. The second-order valence-electron chi connectivity index (χ2n) is 10.6. The van der Waals surface area contributed by atoms with Crippen molar-refractivity contribution >= 4 is 23.6 Å². The first-order valence-corrected chi connectivity index (χ1v) is 13.4. The normalized spacial score (nSPS) is 12.2. The summed E-state index contributed by atoms with van der Waals surface area (Å²) < 4.78 is 17.7. The molecule has 0 saturated heterocycles. The molecule has 0 aliphatic carbocycles. The summed E-state index contributed by atoms with van der Waals surface area (Å²) in [7, 11) is 0. The predicted molar refractivity (Wildman–Crippen MR) is 152 cm³/mol. The molecule has 10 heteroatoms. The van der Waals surface area contributed by atoms with Crippen molar-refractivity contribution in [2.45, 2.75) is 65.8 Å². The Morgan fingerprint density at radius 3 is 2.52 bits per heavy atom.